The van der Waals surface area contributed by atoms with E-state index in [2.05, 4.69) is 16.7 Å². The van der Waals surface area contributed by atoms with Gasteiger partial charge in [-0.05, 0) is 36.2 Å². The van der Waals surface area contributed by atoms with Crippen LogP contribution in [-0.2, 0) is 11.2 Å². The molecule has 122 valence electrons. The van der Waals surface area contributed by atoms with Crippen molar-refractivity contribution in [3.05, 3.63) is 65.7 Å². The molecule has 0 aliphatic heterocycles. The molecule has 24 heavy (non-hydrogen) atoms. The predicted molar refractivity (Wildman–Crippen MR) is 92.4 cm³/mol. The fourth-order valence-electron chi connectivity index (χ4n) is 2.16. The van der Waals surface area contributed by atoms with E-state index in [0.29, 0.717) is 37.1 Å². The van der Waals surface area contributed by atoms with Gasteiger partial charge in [-0.2, -0.15) is 5.26 Å². The SMILES string of the molecule is N#CCc1ccc(NC(=O)CCCNC(=O)c2ccccc2)cc1. The van der Waals surface area contributed by atoms with Crippen molar-refractivity contribution >= 4 is 17.5 Å². The average Bonchev–Trinajstić information content (AvgIpc) is 2.61. The molecule has 2 amide bonds. The van der Waals surface area contributed by atoms with Gasteiger partial charge < -0.3 is 10.6 Å². The maximum Gasteiger partial charge on any atom is 0.251 e. The molecule has 0 spiro atoms. The normalized spacial score (nSPS) is 9.79. The van der Waals surface area contributed by atoms with Gasteiger partial charge in [0.2, 0.25) is 5.91 Å². The largest absolute Gasteiger partial charge is 0.352 e. The lowest BCUT2D eigenvalue weighted by atomic mass is 10.1. The van der Waals surface area contributed by atoms with Crippen LogP contribution in [0.1, 0.15) is 28.8 Å². The molecule has 5 heteroatoms. The van der Waals surface area contributed by atoms with Crippen molar-refractivity contribution in [3.8, 4) is 6.07 Å². The Morgan fingerprint density at radius 2 is 1.71 bits per heavy atom. The number of nitrogens with zero attached hydrogens (tertiary/aromatic N) is 1. The van der Waals surface area contributed by atoms with E-state index < -0.39 is 0 Å². The molecule has 0 saturated heterocycles. The van der Waals surface area contributed by atoms with Gasteiger partial charge in [0.05, 0.1) is 12.5 Å². The van der Waals surface area contributed by atoms with Crippen LogP contribution < -0.4 is 10.6 Å². The van der Waals surface area contributed by atoms with Crippen LogP contribution in [0.3, 0.4) is 0 Å². The van der Waals surface area contributed by atoms with Gasteiger partial charge in [-0.1, -0.05) is 30.3 Å². The summed E-state index contributed by atoms with van der Waals surface area (Å²) in [5, 5.41) is 14.2. The number of rotatable bonds is 7. The second kappa shape index (κ2) is 9.11. The lowest BCUT2D eigenvalue weighted by Gasteiger charge is -2.07. The maximum atomic E-state index is 11.9. The molecule has 0 saturated carbocycles. The third-order valence-corrected chi connectivity index (χ3v) is 3.42. The highest BCUT2D eigenvalue weighted by Crippen LogP contribution is 2.10. The van der Waals surface area contributed by atoms with Gasteiger partial charge in [0.1, 0.15) is 0 Å². The van der Waals surface area contributed by atoms with Crippen LogP contribution in [0.5, 0.6) is 0 Å². The average molecular weight is 321 g/mol. The van der Waals surface area contributed by atoms with Crippen LogP contribution in [0, 0.1) is 11.3 Å². The summed E-state index contributed by atoms with van der Waals surface area (Å²) in [6.07, 6.45) is 1.25. The highest BCUT2D eigenvalue weighted by molar-refractivity contribution is 5.94. The van der Waals surface area contributed by atoms with Crippen LogP contribution in [0.15, 0.2) is 54.6 Å². The molecule has 0 radical (unpaired) electrons. The van der Waals surface area contributed by atoms with E-state index in [0.717, 1.165) is 5.56 Å². The molecule has 0 heterocycles. The van der Waals surface area contributed by atoms with E-state index in [4.69, 9.17) is 5.26 Å². The summed E-state index contributed by atoms with van der Waals surface area (Å²) in [5.74, 6) is -0.235. The van der Waals surface area contributed by atoms with Crippen molar-refractivity contribution < 1.29 is 9.59 Å². The van der Waals surface area contributed by atoms with Crippen LogP contribution in [0.4, 0.5) is 5.69 Å². The van der Waals surface area contributed by atoms with E-state index in [-0.39, 0.29) is 11.8 Å². The van der Waals surface area contributed by atoms with Crippen LogP contribution in [0.25, 0.3) is 0 Å². The van der Waals surface area contributed by atoms with E-state index in [1.54, 1.807) is 24.3 Å². The number of amides is 2. The highest BCUT2D eigenvalue weighted by Gasteiger charge is 2.05. The fraction of sp³-hybridized carbons (Fsp3) is 0.211. The van der Waals surface area contributed by atoms with E-state index in [1.807, 2.05) is 30.3 Å². The Balaban J connectivity index is 1.68. The van der Waals surface area contributed by atoms with Crippen molar-refractivity contribution in [1.29, 1.82) is 5.26 Å². The Bertz CT molecular complexity index is 719. The summed E-state index contributed by atoms with van der Waals surface area (Å²) in [4.78, 5) is 23.7. The molecule has 0 fully saturated rings. The van der Waals surface area contributed by atoms with Crippen molar-refractivity contribution in [3.63, 3.8) is 0 Å². The molecule has 2 aromatic carbocycles. The van der Waals surface area contributed by atoms with Crippen LogP contribution in [0.2, 0.25) is 0 Å². The quantitative estimate of drug-likeness (QED) is 0.769. The smallest absolute Gasteiger partial charge is 0.251 e. The third kappa shape index (κ3) is 5.58. The van der Waals surface area contributed by atoms with E-state index >= 15 is 0 Å². The Morgan fingerprint density at radius 3 is 2.38 bits per heavy atom. The third-order valence-electron chi connectivity index (χ3n) is 3.42. The second-order valence-electron chi connectivity index (χ2n) is 5.31. The molecule has 0 aromatic heterocycles. The standard InChI is InChI=1S/C19H19N3O2/c20-13-12-15-8-10-17(11-9-15)22-18(23)7-4-14-21-19(24)16-5-2-1-3-6-16/h1-3,5-6,8-11H,4,7,12,14H2,(H,21,24)(H,22,23). The zero-order valence-corrected chi connectivity index (χ0v) is 13.3. The molecular weight excluding hydrogens is 302 g/mol. The molecule has 0 bridgehead atoms. The van der Waals surface area contributed by atoms with Gasteiger partial charge in [0.15, 0.2) is 0 Å². The number of carbonyl (C=O) groups excluding carboxylic acids is 2. The number of benzene rings is 2. The first-order valence-electron chi connectivity index (χ1n) is 7.78. The van der Waals surface area contributed by atoms with Crippen molar-refractivity contribution in [2.45, 2.75) is 19.3 Å². The minimum Gasteiger partial charge on any atom is -0.352 e. The van der Waals surface area contributed by atoms with Gasteiger partial charge >= 0.3 is 0 Å². The summed E-state index contributed by atoms with van der Waals surface area (Å²) in [5.41, 5.74) is 2.23. The molecule has 0 aliphatic carbocycles. The molecule has 5 nitrogen and oxygen atoms in total. The highest BCUT2D eigenvalue weighted by atomic mass is 16.2. The Labute approximate surface area is 141 Å². The molecule has 0 atom stereocenters. The van der Waals surface area contributed by atoms with Gasteiger partial charge in [-0.3, -0.25) is 9.59 Å². The fourth-order valence-corrected chi connectivity index (χ4v) is 2.16. The number of hydrogen-bond acceptors (Lipinski definition) is 3. The number of hydrogen-bond donors (Lipinski definition) is 2. The maximum absolute atomic E-state index is 11.9. The zero-order chi connectivity index (χ0) is 17.2. The molecule has 2 rings (SSSR count). The first-order chi connectivity index (χ1) is 11.7. The van der Waals surface area contributed by atoms with Crippen molar-refractivity contribution in [2.24, 2.45) is 0 Å². The molecule has 0 aliphatic rings. The number of nitriles is 1. The van der Waals surface area contributed by atoms with Gasteiger partial charge in [-0.25, -0.2) is 0 Å². The molecule has 2 N–H and O–H groups in total. The number of anilines is 1. The molecular formula is C19H19N3O2. The number of carbonyl (C=O) groups is 2. The Kier molecular flexibility index (Phi) is 6.54. The zero-order valence-electron chi connectivity index (χ0n) is 13.3. The van der Waals surface area contributed by atoms with Crippen LogP contribution in [-0.4, -0.2) is 18.4 Å². The van der Waals surface area contributed by atoms with Gasteiger partial charge in [0, 0.05) is 24.2 Å². The lowest BCUT2D eigenvalue weighted by molar-refractivity contribution is -0.116. The molecule has 2 aromatic rings. The van der Waals surface area contributed by atoms with E-state index in [9.17, 15) is 9.59 Å². The minimum absolute atomic E-state index is 0.100. The summed E-state index contributed by atoms with van der Waals surface area (Å²) < 4.78 is 0. The molecule has 0 unspecified atom stereocenters. The first kappa shape index (κ1) is 17.2. The van der Waals surface area contributed by atoms with Crippen molar-refractivity contribution in [1.82, 2.24) is 5.32 Å². The summed E-state index contributed by atoms with van der Waals surface area (Å²) in [7, 11) is 0. The topological polar surface area (TPSA) is 82.0 Å². The summed E-state index contributed by atoms with van der Waals surface area (Å²) >= 11 is 0. The van der Waals surface area contributed by atoms with Crippen LogP contribution >= 0.6 is 0 Å². The number of nitrogens with one attached hydrogen (secondary N) is 2. The summed E-state index contributed by atoms with van der Waals surface area (Å²) in [6.45, 7) is 0.447. The lowest BCUT2D eigenvalue weighted by Crippen LogP contribution is -2.25. The Morgan fingerprint density at radius 1 is 1.00 bits per heavy atom. The van der Waals surface area contributed by atoms with Gasteiger partial charge in [0.25, 0.3) is 5.91 Å². The predicted octanol–water partition coefficient (Wildman–Crippen LogP) is 2.90. The summed E-state index contributed by atoms with van der Waals surface area (Å²) in [6, 6.07) is 18.2. The van der Waals surface area contributed by atoms with Crippen molar-refractivity contribution in [2.75, 3.05) is 11.9 Å². The first-order valence-corrected chi connectivity index (χ1v) is 7.78. The Hall–Kier alpha value is -3.13. The van der Waals surface area contributed by atoms with Gasteiger partial charge in [-0.15, -0.1) is 0 Å². The monoisotopic (exact) mass is 321 g/mol. The van der Waals surface area contributed by atoms with E-state index in [1.165, 1.54) is 0 Å². The minimum atomic E-state index is -0.135. The second-order valence-corrected chi connectivity index (χ2v) is 5.31.